The molecule has 3 N–H and O–H groups in total. The molecule has 0 spiro atoms. The molecular weight excluding hydrogens is 268 g/mol. The molecule has 5 nitrogen and oxygen atoms in total. The lowest BCUT2D eigenvalue weighted by Crippen LogP contribution is -2.37. The van der Waals surface area contributed by atoms with E-state index in [2.05, 4.69) is 10.6 Å². The smallest absolute Gasteiger partial charge is 0.330 e. The molecule has 0 saturated heterocycles. The number of carboxylic acid groups (broad SMARTS) is 1. The zero-order chi connectivity index (χ0) is 15.1. The van der Waals surface area contributed by atoms with E-state index in [1.165, 1.54) is 0 Å². The number of aliphatic carboxylic acids is 1. The Morgan fingerprint density at radius 3 is 2.10 bits per heavy atom. The van der Waals surface area contributed by atoms with Gasteiger partial charge in [-0.3, -0.25) is 4.79 Å². The first-order chi connectivity index (χ1) is 10.2. The second-order valence-electron chi connectivity index (χ2n) is 4.47. The number of para-hydroxylation sites is 1. The summed E-state index contributed by atoms with van der Waals surface area (Å²) in [5.41, 5.74) is 1.34. The molecule has 1 unspecified atom stereocenters. The van der Waals surface area contributed by atoms with Crippen LogP contribution in [0.1, 0.15) is 11.6 Å². The third kappa shape index (κ3) is 4.35. The van der Waals surface area contributed by atoms with Crippen LogP contribution in [-0.4, -0.2) is 23.5 Å². The molecule has 2 aromatic rings. The molecular formula is C16H16N2O3. The maximum absolute atomic E-state index is 11.9. The van der Waals surface area contributed by atoms with Crippen LogP contribution in [0, 0.1) is 0 Å². The Bertz CT molecular complexity index is 599. The number of carbonyl (C=O) groups excluding carboxylic acids is 1. The van der Waals surface area contributed by atoms with Crippen molar-refractivity contribution < 1.29 is 14.7 Å². The first-order valence-electron chi connectivity index (χ1n) is 6.53. The molecule has 0 aliphatic heterocycles. The summed E-state index contributed by atoms with van der Waals surface area (Å²) in [6.07, 6.45) is 0. The third-order valence-electron chi connectivity index (χ3n) is 2.91. The lowest BCUT2D eigenvalue weighted by Gasteiger charge is -2.15. The summed E-state index contributed by atoms with van der Waals surface area (Å²) in [5, 5.41) is 14.7. The third-order valence-corrected chi connectivity index (χ3v) is 2.91. The van der Waals surface area contributed by atoms with Crippen LogP contribution in [0.25, 0.3) is 0 Å². The minimum Gasteiger partial charge on any atom is -0.479 e. The maximum atomic E-state index is 11.9. The average molecular weight is 284 g/mol. The van der Waals surface area contributed by atoms with Crippen LogP contribution >= 0.6 is 0 Å². The van der Waals surface area contributed by atoms with Crippen LogP contribution in [-0.2, 0) is 9.59 Å². The quantitative estimate of drug-likeness (QED) is 0.758. The fraction of sp³-hybridized carbons (Fsp3) is 0.125. The van der Waals surface area contributed by atoms with Crippen molar-refractivity contribution >= 4 is 17.6 Å². The largest absolute Gasteiger partial charge is 0.479 e. The van der Waals surface area contributed by atoms with E-state index in [1.54, 1.807) is 30.3 Å². The highest BCUT2D eigenvalue weighted by Crippen LogP contribution is 2.12. The van der Waals surface area contributed by atoms with Gasteiger partial charge in [0.05, 0.1) is 6.54 Å². The minimum atomic E-state index is -1.09. The first kappa shape index (κ1) is 14.6. The van der Waals surface area contributed by atoms with Gasteiger partial charge in [-0.15, -0.1) is 0 Å². The molecule has 1 amide bonds. The van der Waals surface area contributed by atoms with Gasteiger partial charge in [0.1, 0.15) is 0 Å². The van der Waals surface area contributed by atoms with Gasteiger partial charge in [-0.05, 0) is 17.7 Å². The van der Waals surface area contributed by atoms with Crippen LogP contribution in [0.15, 0.2) is 60.7 Å². The topological polar surface area (TPSA) is 78.4 Å². The van der Waals surface area contributed by atoms with E-state index < -0.39 is 12.0 Å². The van der Waals surface area contributed by atoms with Gasteiger partial charge in [-0.1, -0.05) is 48.5 Å². The predicted octanol–water partition coefficient (Wildman–Crippen LogP) is 2.04. The Morgan fingerprint density at radius 2 is 1.52 bits per heavy atom. The summed E-state index contributed by atoms with van der Waals surface area (Å²) >= 11 is 0. The fourth-order valence-electron chi connectivity index (χ4n) is 1.88. The Labute approximate surface area is 122 Å². The standard InChI is InChI=1S/C16H16N2O3/c19-14(11-17-13-9-5-2-6-10-13)18-15(16(20)21)12-7-3-1-4-8-12/h1-10,15,17H,11H2,(H,18,19)(H,20,21). The average Bonchev–Trinajstić information content (AvgIpc) is 2.52. The number of carbonyl (C=O) groups is 2. The lowest BCUT2D eigenvalue weighted by molar-refractivity contribution is -0.141. The Balaban J connectivity index is 1.95. The van der Waals surface area contributed by atoms with Gasteiger partial charge in [0.15, 0.2) is 6.04 Å². The number of amides is 1. The van der Waals surface area contributed by atoms with E-state index in [1.807, 2.05) is 30.3 Å². The number of hydrogen-bond donors (Lipinski definition) is 3. The number of anilines is 1. The first-order valence-corrected chi connectivity index (χ1v) is 6.53. The summed E-state index contributed by atoms with van der Waals surface area (Å²) in [6, 6.07) is 16.8. The molecule has 2 aromatic carbocycles. The molecule has 0 aliphatic rings. The van der Waals surface area contributed by atoms with E-state index in [9.17, 15) is 14.7 Å². The highest BCUT2D eigenvalue weighted by atomic mass is 16.4. The van der Waals surface area contributed by atoms with Crippen LogP contribution in [0.4, 0.5) is 5.69 Å². The van der Waals surface area contributed by atoms with Gasteiger partial charge in [0.25, 0.3) is 0 Å². The summed E-state index contributed by atoms with van der Waals surface area (Å²) in [6.45, 7) is 0.0145. The molecule has 0 aromatic heterocycles. The molecule has 0 bridgehead atoms. The van der Waals surface area contributed by atoms with Crippen molar-refractivity contribution in [1.29, 1.82) is 0 Å². The second kappa shape index (κ2) is 7.09. The molecule has 1 atom stereocenters. The van der Waals surface area contributed by atoms with Crippen molar-refractivity contribution in [2.24, 2.45) is 0 Å². The zero-order valence-corrected chi connectivity index (χ0v) is 11.3. The normalized spacial score (nSPS) is 11.4. The molecule has 0 heterocycles. The van der Waals surface area contributed by atoms with Crippen LogP contribution in [0.5, 0.6) is 0 Å². The van der Waals surface area contributed by atoms with Gasteiger partial charge in [0, 0.05) is 5.69 Å². The predicted molar refractivity (Wildman–Crippen MR) is 79.9 cm³/mol. The zero-order valence-electron chi connectivity index (χ0n) is 11.3. The molecule has 21 heavy (non-hydrogen) atoms. The van der Waals surface area contributed by atoms with E-state index in [0.29, 0.717) is 5.56 Å². The molecule has 108 valence electrons. The van der Waals surface area contributed by atoms with Crippen molar-refractivity contribution in [2.45, 2.75) is 6.04 Å². The second-order valence-corrected chi connectivity index (χ2v) is 4.47. The Kier molecular flexibility index (Phi) is 4.93. The molecule has 5 heteroatoms. The fourth-order valence-corrected chi connectivity index (χ4v) is 1.88. The minimum absolute atomic E-state index is 0.0145. The van der Waals surface area contributed by atoms with Crippen LogP contribution in [0.2, 0.25) is 0 Å². The summed E-state index contributed by atoms with van der Waals surface area (Å²) < 4.78 is 0. The Hall–Kier alpha value is -2.82. The molecule has 0 fully saturated rings. The summed E-state index contributed by atoms with van der Waals surface area (Å²) in [7, 11) is 0. The van der Waals surface area contributed by atoms with Crippen molar-refractivity contribution in [3.8, 4) is 0 Å². The van der Waals surface area contributed by atoms with Gasteiger partial charge < -0.3 is 15.7 Å². The number of carboxylic acids is 1. The molecule has 2 rings (SSSR count). The van der Waals surface area contributed by atoms with Crippen molar-refractivity contribution in [2.75, 3.05) is 11.9 Å². The van der Waals surface area contributed by atoms with Crippen molar-refractivity contribution in [3.05, 3.63) is 66.2 Å². The highest BCUT2D eigenvalue weighted by molar-refractivity contribution is 5.86. The van der Waals surface area contributed by atoms with Gasteiger partial charge in [0.2, 0.25) is 5.91 Å². The summed E-state index contributed by atoms with van der Waals surface area (Å²) in [4.78, 5) is 23.1. The van der Waals surface area contributed by atoms with Crippen molar-refractivity contribution in [1.82, 2.24) is 5.32 Å². The van der Waals surface area contributed by atoms with E-state index >= 15 is 0 Å². The Morgan fingerprint density at radius 1 is 0.952 bits per heavy atom. The molecule has 0 aliphatic carbocycles. The van der Waals surface area contributed by atoms with Crippen molar-refractivity contribution in [3.63, 3.8) is 0 Å². The number of hydrogen-bond acceptors (Lipinski definition) is 3. The lowest BCUT2D eigenvalue weighted by atomic mass is 10.1. The summed E-state index contributed by atoms with van der Waals surface area (Å²) in [5.74, 6) is -1.47. The van der Waals surface area contributed by atoms with Gasteiger partial charge >= 0.3 is 5.97 Å². The SMILES string of the molecule is O=C(CNc1ccccc1)NC(C(=O)O)c1ccccc1. The number of benzene rings is 2. The number of rotatable bonds is 6. The van der Waals surface area contributed by atoms with Crippen LogP contribution in [0.3, 0.4) is 0 Å². The molecule has 0 saturated carbocycles. The van der Waals surface area contributed by atoms with E-state index in [-0.39, 0.29) is 12.5 Å². The maximum Gasteiger partial charge on any atom is 0.330 e. The number of nitrogens with one attached hydrogen (secondary N) is 2. The molecule has 0 radical (unpaired) electrons. The van der Waals surface area contributed by atoms with Gasteiger partial charge in [-0.25, -0.2) is 4.79 Å². The van der Waals surface area contributed by atoms with Gasteiger partial charge in [-0.2, -0.15) is 0 Å². The van der Waals surface area contributed by atoms with Crippen LogP contribution < -0.4 is 10.6 Å². The highest BCUT2D eigenvalue weighted by Gasteiger charge is 2.21. The monoisotopic (exact) mass is 284 g/mol. The van der Waals surface area contributed by atoms with E-state index in [0.717, 1.165) is 5.69 Å². The van der Waals surface area contributed by atoms with E-state index in [4.69, 9.17) is 0 Å².